The molecule has 2 aromatic carbocycles. The van der Waals surface area contributed by atoms with E-state index in [0.717, 1.165) is 35.2 Å². The monoisotopic (exact) mass is 346 g/mol. The molecule has 0 radical (unpaired) electrons. The van der Waals surface area contributed by atoms with E-state index in [2.05, 4.69) is 22.8 Å². The first-order chi connectivity index (χ1) is 12.3. The summed E-state index contributed by atoms with van der Waals surface area (Å²) < 4.78 is 0. The zero-order chi connectivity index (χ0) is 17.1. The highest BCUT2D eigenvalue weighted by Crippen LogP contribution is 2.26. The van der Waals surface area contributed by atoms with Crippen LogP contribution in [0.15, 0.2) is 66.0 Å². The van der Waals surface area contributed by atoms with Gasteiger partial charge in [-0.1, -0.05) is 36.4 Å². The number of nitrogens with two attached hydrogens (primary N) is 1. The number of nitrogens with one attached hydrogen (secondary N) is 1. The highest BCUT2D eigenvalue weighted by molar-refractivity contribution is 7.09. The van der Waals surface area contributed by atoms with Crippen molar-refractivity contribution in [2.75, 3.05) is 17.6 Å². The topological polar surface area (TPSA) is 63.8 Å². The first-order valence-corrected chi connectivity index (χ1v) is 9.06. The smallest absolute Gasteiger partial charge is 0.162 e. The molecule has 0 amide bonds. The van der Waals surface area contributed by atoms with Crippen molar-refractivity contribution in [3.8, 4) is 11.4 Å². The van der Waals surface area contributed by atoms with Crippen LogP contribution in [-0.2, 0) is 6.42 Å². The van der Waals surface area contributed by atoms with E-state index in [0.29, 0.717) is 11.5 Å². The molecule has 3 N–H and O–H groups in total. The Morgan fingerprint density at radius 3 is 2.64 bits per heavy atom. The molecule has 124 valence electrons. The van der Waals surface area contributed by atoms with E-state index in [1.54, 1.807) is 11.3 Å². The van der Waals surface area contributed by atoms with Gasteiger partial charge in [0.05, 0.1) is 5.52 Å². The maximum Gasteiger partial charge on any atom is 0.162 e. The second-order valence-electron chi connectivity index (χ2n) is 5.79. The van der Waals surface area contributed by atoms with Crippen LogP contribution in [0.2, 0.25) is 0 Å². The lowest BCUT2D eigenvalue weighted by Crippen LogP contribution is -2.07. The molecule has 0 aliphatic carbocycles. The lowest BCUT2D eigenvalue weighted by Gasteiger charge is -2.11. The molecule has 2 aromatic heterocycles. The molecule has 0 aliphatic heterocycles. The van der Waals surface area contributed by atoms with Gasteiger partial charge in [0.1, 0.15) is 5.82 Å². The summed E-state index contributed by atoms with van der Waals surface area (Å²) in [5, 5.41) is 6.56. The number of thiophene rings is 1. The normalized spacial score (nSPS) is 10.9. The second-order valence-corrected chi connectivity index (χ2v) is 6.83. The van der Waals surface area contributed by atoms with Gasteiger partial charge in [0.2, 0.25) is 0 Å². The van der Waals surface area contributed by atoms with Crippen LogP contribution in [0.25, 0.3) is 22.3 Å². The van der Waals surface area contributed by atoms with Gasteiger partial charge in [-0.2, -0.15) is 0 Å². The van der Waals surface area contributed by atoms with Crippen molar-refractivity contribution in [1.82, 2.24) is 9.97 Å². The molecular weight excluding hydrogens is 328 g/mol. The van der Waals surface area contributed by atoms with Crippen LogP contribution >= 0.6 is 11.3 Å². The summed E-state index contributed by atoms with van der Waals surface area (Å²) in [7, 11) is 0. The van der Waals surface area contributed by atoms with Gasteiger partial charge in [-0.25, -0.2) is 9.97 Å². The lowest BCUT2D eigenvalue weighted by molar-refractivity contribution is 1.03. The summed E-state index contributed by atoms with van der Waals surface area (Å²) in [4.78, 5) is 10.8. The van der Waals surface area contributed by atoms with Crippen molar-refractivity contribution in [1.29, 1.82) is 0 Å². The van der Waals surface area contributed by atoms with E-state index in [1.165, 1.54) is 4.88 Å². The fourth-order valence-electron chi connectivity index (χ4n) is 2.76. The predicted molar refractivity (Wildman–Crippen MR) is 106 cm³/mol. The number of hydrogen-bond donors (Lipinski definition) is 2. The third kappa shape index (κ3) is 3.46. The SMILES string of the molecule is Nc1ccc2c(NCCc3cccs3)nc(-c3ccccc3)nc2c1. The molecule has 4 aromatic rings. The van der Waals surface area contributed by atoms with E-state index < -0.39 is 0 Å². The molecule has 4 rings (SSSR count). The van der Waals surface area contributed by atoms with E-state index in [9.17, 15) is 0 Å². The molecular formula is C20H18N4S. The number of hydrogen-bond acceptors (Lipinski definition) is 5. The van der Waals surface area contributed by atoms with Crippen LogP contribution in [0.5, 0.6) is 0 Å². The molecule has 0 atom stereocenters. The Kier molecular flexibility index (Phi) is 4.31. The molecule has 25 heavy (non-hydrogen) atoms. The standard InChI is InChI=1S/C20H18N4S/c21-15-8-9-17-18(13-15)23-19(14-5-2-1-3-6-14)24-20(17)22-11-10-16-7-4-12-25-16/h1-9,12-13H,10-11,21H2,(H,22,23,24). The fourth-order valence-corrected chi connectivity index (χ4v) is 3.47. The summed E-state index contributed by atoms with van der Waals surface area (Å²) in [5.41, 5.74) is 8.50. The minimum atomic E-state index is 0.703. The van der Waals surface area contributed by atoms with Crippen LogP contribution in [0.4, 0.5) is 11.5 Å². The van der Waals surface area contributed by atoms with E-state index >= 15 is 0 Å². The van der Waals surface area contributed by atoms with Crippen LogP contribution in [0.1, 0.15) is 4.88 Å². The van der Waals surface area contributed by atoms with Crippen LogP contribution in [0, 0.1) is 0 Å². The lowest BCUT2D eigenvalue weighted by atomic mass is 10.1. The summed E-state index contributed by atoms with van der Waals surface area (Å²) in [5.74, 6) is 1.55. The third-order valence-electron chi connectivity index (χ3n) is 4.00. The minimum absolute atomic E-state index is 0.703. The van der Waals surface area contributed by atoms with Crippen LogP contribution < -0.4 is 11.1 Å². The average molecular weight is 346 g/mol. The number of aromatic nitrogens is 2. The molecule has 4 nitrogen and oxygen atoms in total. The van der Waals surface area contributed by atoms with Gasteiger partial charge in [0, 0.05) is 28.1 Å². The van der Waals surface area contributed by atoms with Crippen molar-refractivity contribution >= 4 is 33.7 Å². The summed E-state index contributed by atoms with van der Waals surface area (Å²) in [6.45, 7) is 0.825. The van der Waals surface area contributed by atoms with E-state index in [4.69, 9.17) is 15.7 Å². The first-order valence-electron chi connectivity index (χ1n) is 8.18. The van der Waals surface area contributed by atoms with E-state index in [-0.39, 0.29) is 0 Å². The highest BCUT2D eigenvalue weighted by atomic mass is 32.1. The maximum atomic E-state index is 5.95. The minimum Gasteiger partial charge on any atom is -0.399 e. The summed E-state index contributed by atoms with van der Waals surface area (Å²) in [6.07, 6.45) is 0.971. The number of nitrogen functional groups attached to an aromatic ring is 1. The molecule has 0 saturated heterocycles. The van der Waals surface area contributed by atoms with Crippen molar-refractivity contribution in [2.24, 2.45) is 0 Å². The number of benzene rings is 2. The molecule has 5 heteroatoms. The Balaban J connectivity index is 1.70. The van der Waals surface area contributed by atoms with Gasteiger partial charge in [0.15, 0.2) is 5.82 Å². The largest absolute Gasteiger partial charge is 0.399 e. The fraction of sp³-hybridized carbons (Fsp3) is 0.100. The quantitative estimate of drug-likeness (QED) is 0.519. The Morgan fingerprint density at radius 1 is 0.960 bits per heavy atom. The summed E-state index contributed by atoms with van der Waals surface area (Å²) >= 11 is 1.77. The second kappa shape index (κ2) is 6.91. The molecule has 0 aliphatic rings. The van der Waals surface area contributed by atoms with Crippen LogP contribution in [-0.4, -0.2) is 16.5 Å². The van der Waals surface area contributed by atoms with Gasteiger partial charge >= 0.3 is 0 Å². The summed E-state index contributed by atoms with van der Waals surface area (Å²) in [6, 6.07) is 20.0. The molecule has 0 spiro atoms. The number of fused-ring (bicyclic) bond motifs is 1. The number of nitrogens with zero attached hydrogens (tertiary/aromatic N) is 2. The average Bonchev–Trinajstić information content (AvgIpc) is 3.15. The molecule has 2 heterocycles. The van der Waals surface area contributed by atoms with Crippen molar-refractivity contribution in [3.05, 3.63) is 70.9 Å². The predicted octanol–water partition coefficient (Wildman–Crippen LogP) is 4.60. The van der Waals surface area contributed by atoms with Gasteiger partial charge in [0.25, 0.3) is 0 Å². The molecule has 0 bridgehead atoms. The Labute approximate surface area is 150 Å². The van der Waals surface area contributed by atoms with Gasteiger partial charge < -0.3 is 11.1 Å². The van der Waals surface area contributed by atoms with Crippen molar-refractivity contribution in [3.63, 3.8) is 0 Å². The van der Waals surface area contributed by atoms with Gasteiger partial charge in [-0.3, -0.25) is 0 Å². The molecule has 0 unspecified atom stereocenters. The first kappa shape index (κ1) is 15.6. The van der Waals surface area contributed by atoms with Gasteiger partial charge in [-0.15, -0.1) is 11.3 Å². The zero-order valence-corrected chi connectivity index (χ0v) is 14.5. The number of anilines is 2. The van der Waals surface area contributed by atoms with Crippen molar-refractivity contribution in [2.45, 2.75) is 6.42 Å². The van der Waals surface area contributed by atoms with Crippen molar-refractivity contribution < 1.29 is 0 Å². The maximum absolute atomic E-state index is 5.95. The Morgan fingerprint density at radius 2 is 1.84 bits per heavy atom. The van der Waals surface area contributed by atoms with E-state index in [1.807, 2.05) is 48.5 Å². The Bertz CT molecular complexity index is 981. The van der Waals surface area contributed by atoms with Crippen LogP contribution in [0.3, 0.4) is 0 Å². The number of rotatable bonds is 5. The van der Waals surface area contributed by atoms with Gasteiger partial charge in [-0.05, 0) is 36.1 Å². The Hall–Kier alpha value is -2.92. The zero-order valence-electron chi connectivity index (χ0n) is 13.6. The molecule has 0 saturated carbocycles. The third-order valence-corrected chi connectivity index (χ3v) is 4.93. The molecule has 0 fully saturated rings. The highest BCUT2D eigenvalue weighted by Gasteiger charge is 2.09.